The number of aromatic carboxylic acids is 1. The van der Waals surface area contributed by atoms with Crippen molar-refractivity contribution in [1.82, 2.24) is 0 Å². The molecule has 1 amide bonds. The summed E-state index contributed by atoms with van der Waals surface area (Å²) < 4.78 is 5.98. The second kappa shape index (κ2) is 5.69. The van der Waals surface area contributed by atoms with Crippen molar-refractivity contribution in [2.24, 2.45) is 5.73 Å². The molecule has 0 fully saturated rings. The molecule has 5 nitrogen and oxygen atoms in total. The summed E-state index contributed by atoms with van der Waals surface area (Å²) in [5.74, 6) is -1.30. The van der Waals surface area contributed by atoms with Crippen LogP contribution >= 0.6 is 22.6 Å². The Hall–Kier alpha value is -1.31. The summed E-state index contributed by atoms with van der Waals surface area (Å²) in [5, 5.41) is 8.92. The first-order chi connectivity index (χ1) is 7.50. The van der Waals surface area contributed by atoms with E-state index in [2.05, 4.69) is 0 Å². The maximum absolute atomic E-state index is 10.9. The fourth-order valence-electron chi connectivity index (χ4n) is 1.06. The number of benzene rings is 1. The number of hydrogen-bond acceptors (Lipinski definition) is 3. The van der Waals surface area contributed by atoms with Crippen LogP contribution in [0.3, 0.4) is 0 Å². The molecular formula is C10H10INO4. The summed E-state index contributed by atoms with van der Waals surface area (Å²) in [6.07, 6.45) is 0.0606. The predicted molar refractivity (Wildman–Crippen MR) is 65.4 cm³/mol. The summed E-state index contributed by atoms with van der Waals surface area (Å²) in [4.78, 5) is 21.4. The Kier molecular flexibility index (Phi) is 4.53. The number of nitrogens with two attached hydrogens (primary N) is 1. The Balaban J connectivity index is 2.78. The van der Waals surface area contributed by atoms with Gasteiger partial charge in [0.15, 0.2) is 0 Å². The van der Waals surface area contributed by atoms with E-state index >= 15 is 0 Å². The first-order valence-corrected chi connectivity index (χ1v) is 5.52. The van der Waals surface area contributed by atoms with Gasteiger partial charge in [0.1, 0.15) is 11.3 Å². The van der Waals surface area contributed by atoms with Gasteiger partial charge >= 0.3 is 5.97 Å². The van der Waals surface area contributed by atoms with Gasteiger partial charge in [-0.15, -0.1) is 0 Å². The van der Waals surface area contributed by atoms with Crippen molar-refractivity contribution < 1.29 is 19.4 Å². The molecule has 0 atom stereocenters. The number of carboxylic acids is 1. The number of carboxylic acid groups (broad SMARTS) is 1. The first kappa shape index (κ1) is 12.8. The summed E-state index contributed by atoms with van der Waals surface area (Å²) in [5.41, 5.74) is 5.02. The number of hydrogen-bond donors (Lipinski definition) is 2. The lowest BCUT2D eigenvalue weighted by molar-refractivity contribution is -0.118. The zero-order valence-electron chi connectivity index (χ0n) is 8.27. The third-order valence-electron chi connectivity index (χ3n) is 1.78. The molecule has 1 aromatic carbocycles. The average Bonchev–Trinajstić information content (AvgIpc) is 2.19. The highest BCUT2D eigenvalue weighted by Gasteiger charge is 2.11. The Bertz CT molecular complexity index is 419. The molecule has 0 aliphatic rings. The lowest BCUT2D eigenvalue weighted by atomic mass is 10.2. The van der Waals surface area contributed by atoms with Gasteiger partial charge in [0, 0.05) is 3.57 Å². The first-order valence-electron chi connectivity index (χ1n) is 4.44. The fraction of sp³-hybridized carbons (Fsp3) is 0.200. The number of halogens is 1. The summed E-state index contributed by atoms with van der Waals surface area (Å²) in [7, 11) is 0. The monoisotopic (exact) mass is 335 g/mol. The van der Waals surface area contributed by atoms with E-state index in [1.807, 2.05) is 22.6 Å². The molecule has 0 spiro atoms. The minimum Gasteiger partial charge on any atom is -0.492 e. The van der Waals surface area contributed by atoms with Crippen LogP contribution in [0.15, 0.2) is 18.2 Å². The Morgan fingerprint density at radius 2 is 2.12 bits per heavy atom. The SMILES string of the molecule is NC(=O)CCOc1ccc(I)cc1C(=O)O. The van der Waals surface area contributed by atoms with Crippen LogP contribution in [-0.4, -0.2) is 23.6 Å². The molecule has 0 bridgehead atoms. The van der Waals surface area contributed by atoms with Crippen molar-refractivity contribution in [2.45, 2.75) is 6.42 Å². The van der Waals surface area contributed by atoms with Crippen LogP contribution in [0, 0.1) is 3.57 Å². The molecular weight excluding hydrogens is 325 g/mol. The minimum absolute atomic E-state index is 0.0606. The van der Waals surface area contributed by atoms with E-state index in [1.165, 1.54) is 6.07 Å². The number of amides is 1. The quantitative estimate of drug-likeness (QED) is 0.793. The average molecular weight is 335 g/mol. The van der Waals surface area contributed by atoms with Crippen LogP contribution in [0.25, 0.3) is 0 Å². The molecule has 0 radical (unpaired) electrons. The molecule has 0 unspecified atom stereocenters. The molecule has 6 heteroatoms. The van der Waals surface area contributed by atoms with Crippen molar-refractivity contribution in [2.75, 3.05) is 6.61 Å². The lowest BCUT2D eigenvalue weighted by Gasteiger charge is -2.08. The Morgan fingerprint density at radius 3 is 2.69 bits per heavy atom. The topological polar surface area (TPSA) is 89.6 Å². The molecule has 0 heterocycles. The van der Waals surface area contributed by atoms with E-state index in [9.17, 15) is 9.59 Å². The number of primary amides is 1. The molecule has 3 N–H and O–H groups in total. The van der Waals surface area contributed by atoms with E-state index in [-0.39, 0.29) is 24.3 Å². The minimum atomic E-state index is -1.06. The summed E-state index contributed by atoms with van der Waals surface area (Å²) in [6, 6.07) is 4.79. The molecule has 0 saturated carbocycles. The molecule has 0 saturated heterocycles. The van der Waals surface area contributed by atoms with Gasteiger partial charge < -0.3 is 15.6 Å². The lowest BCUT2D eigenvalue weighted by Crippen LogP contribution is -2.15. The van der Waals surface area contributed by atoms with Crippen LogP contribution in [0.5, 0.6) is 5.75 Å². The van der Waals surface area contributed by atoms with Gasteiger partial charge in [-0.05, 0) is 40.8 Å². The van der Waals surface area contributed by atoms with E-state index < -0.39 is 11.9 Å². The van der Waals surface area contributed by atoms with Crippen molar-refractivity contribution in [1.29, 1.82) is 0 Å². The van der Waals surface area contributed by atoms with Crippen molar-refractivity contribution in [3.8, 4) is 5.75 Å². The van der Waals surface area contributed by atoms with Gasteiger partial charge in [0.05, 0.1) is 13.0 Å². The number of ether oxygens (including phenoxy) is 1. The van der Waals surface area contributed by atoms with E-state index in [4.69, 9.17) is 15.6 Å². The molecule has 16 heavy (non-hydrogen) atoms. The van der Waals surface area contributed by atoms with Gasteiger partial charge in [0.25, 0.3) is 0 Å². The van der Waals surface area contributed by atoms with Gasteiger partial charge in [-0.3, -0.25) is 4.79 Å². The van der Waals surface area contributed by atoms with Gasteiger partial charge in [-0.1, -0.05) is 0 Å². The highest BCUT2D eigenvalue weighted by atomic mass is 127. The molecule has 0 aliphatic carbocycles. The van der Waals surface area contributed by atoms with E-state index in [1.54, 1.807) is 12.1 Å². The highest BCUT2D eigenvalue weighted by Crippen LogP contribution is 2.21. The van der Waals surface area contributed by atoms with Crippen molar-refractivity contribution in [3.05, 3.63) is 27.3 Å². The fourth-order valence-corrected chi connectivity index (χ4v) is 1.55. The van der Waals surface area contributed by atoms with Crippen LogP contribution < -0.4 is 10.5 Å². The predicted octanol–water partition coefficient (Wildman–Crippen LogP) is 1.24. The maximum Gasteiger partial charge on any atom is 0.339 e. The summed E-state index contributed by atoms with van der Waals surface area (Å²) in [6.45, 7) is 0.0796. The number of rotatable bonds is 5. The maximum atomic E-state index is 10.9. The zero-order valence-corrected chi connectivity index (χ0v) is 10.4. The van der Waals surface area contributed by atoms with Crippen molar-refractivity contribution >= 4 is 34.5 Å². The van der Waals surface area contributed by atoms with Crippen LogP contribution in [0.4, 0.5) is 0 Å². The number of carbonyl (C=O) groups is 2. The molecule has 86 valence electrons. The molecule has 1 aromatic rings. The third-order valence-corrected chi connectivity index (χ3v) is 2.45. The van der Waals surface area contributed by atoms with E-state index in [0.29, 0.717) is 0 Å². The number of carbonyl (C=O) groups excluding carboxylic acids is 1. The van der Waals surface area contributed by atoms with E-state index in [0.717, 1.165) is 3.57 Å². The van der Waals surface area contributed by atoms with Crippen LogP contribution in [0.1, 0.15) is 16.8 Å². The Morgan fingerprint density at radius 1 is 1.44 bits per heavy atom. The highest BCUT2D eigenvalue weighted by molar-refractivity contribution is 14.1. The van der Waals surface area contributed by atoms with Crippen LogP contribution in [0.2, 0.25) is 0 Å². The van der Waals surface area contributed by atoms with Crippen molar-refractivity contribution in [3.63, 3.8) is 0 Å². The van der Waals surface area contributed by atoms with Gasteiger partial charge in [-0.2, -0.15) is 0 Å². The van der Waals surface area contributed by atoms with Gasteiger partial charge in [0.2, 0.25) is 5.91 Å². The third kappa shape index (κ3) is 3.69. The second-order valence-electron chi connectivity index (χ2n) is 3.01. The molecule has 0 aromatic heterocycles. The molecule has 0 aliphatic heterocycles. The Labute approximate surface area is 106 Å². The smallest absolute Gasteiger partial charge is 0.339 e. The standard InChI is InChI=1S/C10H10INO4/c11-6-1-2-8(7(5-6)10(14)15)16-4-3-9(12)13/h1-2,5H,3-4H2,(H2,12,13)(H,14,15). The normalized spacial score (nSPS) is 9.81. The second-order valence-corrected chi connectivity index (χ2v) is 4.26. The molecule has 1 rings (SSSR count). The van der Waals surface area contributed by atoms with Crippen LogP contribution in [-0.2, 0) is 4.79 Å². The van der Waals surface area contributed by atoms with Gasteiger partial charge in [-0.25, -0.2) is 4.79 Å². The largest absolute Gasteiger partial charge is 0.492 e. The summed E-state index contributed by atoms with van der Waals surface area (Å²) >= 11 is 2.01. The zero-order chi connectivity index (χ0) is 12.1.